The predicted molar refractivity (Wildman–Crippen MR) is 107 cm³/mol. The zero-order valence-electron chi connectivity index (χ0n) is 15.1. The number of nitro benzene ring substituents is 1. The number of nitro groups is 1. The van der Waals surface area contributed by atoms with Gasteiger partial charge in [0.05, 0.1) is 9.82 Å². The fourth-order valence-corrected chi connectivity index (χ4v) is 5.10. The summed E-state index contributed by atoms with van der Waals surface area (Å²) in [5.74, 6) is -0.168. The summed E-state index contributed by atoms with van der Waals surface area (Å²) in [6.45, 7) is 2.80. The van der Waals surface area contributed by atoms with Crippen LogP contribution in [-0.4, -0.2) is 54.6 Å². The van der Waals surface area contributed by atoms with Gasteiger partial charge in [-0.05, 0) is 31.2 Å². The fourth-order valence-electron chi connectivity index (χ4n) is 2.86. The van der Waals surface area contributed by atoms with Gasteiger partial charge < -0.3 is 4.90 Å². The number of hydrogen-bond acceptors (Lipinski definition) is 6. The Morgan fingerprint density at radius 1 is 1.18 bits per heavy atom. The average molecular weight is 422 g/mol. The van der Waals surface area contributed by atoms with E-state index in [-0.39, 0.29) is 42.7 Å². The van der Waals surface area contributed by atoms with Crippen molar-refractivity contribution in [3.8, 4) is 0 Å². The molecule has 1 amide bonds. The molecule has 0 aliphatic carbocycles. The molecule has 1 saturated heterocycles. The Morgan fingerprint density at radius 2 is 1.89 bits per heavy atom. The van der Waals surface area contributed by atoms with E-state index in [0.717, 1.165) is 15.8 Å². The Labute approximate surface area is 166 Å². The highest BCUT2D eigenvalue weighted by Crippen LogP contribution is 2.22. The Hall–Kier alpha value is -2.56. The number of carbonyl (C=O) groups is 1. The minimum Gasteiger partial charge on any atom is -0.337 e. The largest absolute Gasteiger partial charge is 0.337 e. The van der Waals surface area contributed by atoms with Crippen molar-refractivity contribution in [1.29, 1.82) is 0 Å². The molecule has 28 heavy (non-hydrogen) atoms. The second-order valence-corrected chi connectivity index (χ2v) is 9.52. The number of hydrogen-bond donors (Lipinski definition) is 0. The molecule has 148 valence electrons. The number of rotatable bonds is 5. The molecule has 2 heterocycles. The monoisotopic (exact) mass is 421 g/mol. The third-order valence-electron chi connectivity index (χ3n) is 4.37. The third kappa shape index (κ3) is 4.46. The third-order valence-corrected chi connectivity index (χ3v) is 7.23. The van der Waals surface area contributed by atoms with E-state index in [0.29, 0.717) is 0 Å². The smallest absolute Gasteiger partial charge is 0.270 e. The van der Waals surface area contributed by atoms with Crippen molar-refractivity contribution < 1.29 is 18.1 Å². The molecule has 0 radical (unpaired) electrons. The van der Waals surface area contributed by atoms with Crippen molar-refractivity contribution in [1.82, 2.24) is 9.21 Å². The molecule has 0 spiro atoms. The van der Waals surface area contributed by atoms with Gasteiger partial charge in [-0.3, -0.25) is 14.9 Å². The Balaban J connectivity index is 1.64. The number of thiophene rings is 1. The second kappa shape index (κ2) is 8.21. The average Bonchev–Trinajstić information content (AvgIpc) is 3.11. The lowest BCUT2D eigenvalue weighted by Gasteiger charge is -2.33. The van der Waals surface area contributed by atoms with Gasteiger partial charge in [0.1, 0.15) is 0 Å². The van der Waals surface area contributed by atoms with Crippen LogP contribution in [-0.2, 0) is 14.8 Å². The van der Waals surface area contributed by atoms with Crippen LogP contribution in [0.15, 0.2) is 47.4 Å². The number of nitrogens with zero attached hydrogens (tertiary/aromatic N) is 3. The molecule has 0 bridgehead atoms. The summed E-state index contributed by atoms with van der Waals surface area (Å²) in [5.41, 5.74) is -0.274. The summed E-state index contributed by atoms with van der Waals surface area (Å²) in [5, 5.41) is 10.9. The highest BCUT2D eigenvalue weighted by molar-refractivity contribution is 7.89. The molecular weight excluding hydrogens is 402 g/mol. The van der Waals surface area contributed by atoms with Crippen LogP contribution in [0.4, 0.5) is 5.69 Å². The van der Waals surface area contributed by atoms with Gasteiger partial charge in [0.25, 0.3) is 5.69 Å². The molecule has 2 aromatic rings. The number of amides is 1. The van der Waals surface area contributed by atoms with Crippen LogP contribution in [0.2, 0.25) is 0 Å². The molecule has 1 aliphatic rings. The van der Waals surface area contributed by atoms with Crippen molar-refractivity contribution in [3.63, 3.8) is 0 Å². The van der Waals surface area contributed by atoms with E-state index in [1.165, 1.54) is 28.6 Å². The number of piperazine rings is 1. The van der Waals surface area contributed by atoms with Gasteiger partial charge in [-0.25, -0.2) is 8.42 Å². The molecule has 3 rings (SSSR count). The summed E-state index contributed by atoms with van der Waals surface area (Å²) < 4.78 is 26.7. The summed E-state index contributed by atoms with van der Waals surface area (Å²) in [6, 6.07) is 8.91. The maximum absolute atomic E-state index is 12.7. The molecule has 0 saturated carbocycles. The standard InChI is InChI=1S/C18H19N3O5S2/c1-14-5-6-16(27-14)7-8-18(22)19-9-11-20(12-10-19)28(25,26)17-4-2-3-15(13-17)21(23)24/h2-8,13H,9-12H2,1H3/b8-7+. The van der Waals surface area contributed by atoms with Crippen LogP contribution in [0.25, 0.3) is 6.08 Å². The van der Waals surface area contributed by atoms with Crippen LogP contribution >= 0.6 is 11.3 Å². The lowest BCUT2D eigenvalue weighted by molar-refractivity contribution is -0.385. The normalized spacial score (nSPS) is 15.8. The quantitative estimate of drug-likeness (QED) is 0.419. The van der Waals surface area contributed by atoms with Gasteiger partial charge in [0, 0.05) is 54.1 Å². The maximum Gasteiger partial charge on any atom is 0.270 e. The topological polar surface area (TPSA) is 101 Å². The minimum absolute atomic E-state index is 0.116. The molecule has 1 aromatic carbocycles. The zero-order chi connectivity index (χ0) is 20.3. The van der Waals surface area contributed by atoms with E-state index in [9.17, 15) is 23.3 Å². The zero-order valence-corrected chi connectivity index (χ0v) is 16.8. The number of aryl methyl sites for hydroxylation is 1. The van der Waals surface area contributed by atoms with Gasteiger partial charge in [0.2, 0.25) is 15.9 Å². The lowest BCUT2D eigenvalue weighted by Crippen LogP contribution is -2.50. The summed E-state index contributed by atoms with van der Waals surface area (Å²) >= 11 is 1.59. The first kappa shape index (κ1) is 20.2. The fraction of sp³-hybridized carbons (Fsp3) is 0.278. The van der Waals surface area contributed by atoms with Gasteiger partial charge in [-0.1, -0.05) is 6.07 Å². The van der Waals surface area contributed by atoms with E-state index >= 15 is 0 Å². The molecule has 1 aromatic heterocycles. The second-order valence-electron chi connectivity index (χ2n) is 6.27. The van der Waals surface area contributed by atoms with Crippen LogP contribution in [0.3, 0.4) is 0 Å². The first-order valence-electron chi connectivity index (χ1n) is 8.55. The number of benzene rings is 1. The van der Waals surface area contributed by atoms with Gasteiger partial charge >= 0.3 is 0 Å². The van der Waals surface area contributed by atoms with Crippen molar-refractivity contribution in [2.45, 2.75) is 11.8 Å². The maximum atomic E-state index is 12.7. The van der Waals surface area contributed by atoms with Crippen LogP contribution in [0.1, 0.15) is 9.75 Å². The van der Waals surface area contributed by atoms with Crippen LogP contribution in [0, 0.1) is 17.0 Å². The van der Waals surface area contributed by atoms with Gasteiger partial charge in [-0.15, -0.1) is 11.3 Å². The van der Waals surface area contributed by atoms with Crippen molar-refractivity contribution >= 4 is 39.0 Å². The highest BCUT2D eigenvalue weighted by Gasteiger charge is 2.30. The molecule has 1 aliphatic heterocycles. The van der Waals surface area contributed by atoms with Gasteiger partial charge in [0.15, 0.2) is 0 Å². The van der Waals surface area contributed by atoms with E-state index in [1.54, 1.807) is 22.3 Å². The Bertz CT molecular complexity index is 1020. The van der Waals surface area contributed by atoms with Gasteiger partial charge in [-0.2, -0.15) is 4.31 Å². The summed E-state index contributed by atoms with van der Waals surface area (Å²) in [7, 11) is -3.85. The van der Waals surface area contributed by atoms with E-state index < -0.39 is 14.9 Å². The Morgan fingerprint density at radius 3 is 2.50 bits per heavy atom. The van der Waals surface area contributed by atoms with E-state index in [4.69, 9.17) is 0 Å². The highest BCUT2D eigenvalue weighted by atomic mass is 32.2. The summed E-state index contributed by atoms with van der Waals surface area (Å²) in [6.07, 6.45) is 3.25. The number of carbonyl (C=O) groups excluding carboxylic acids is 1. The lowest BCUT2D eigenvalue weighted by atomic mass is 10.3. The predicted octanol–water partition coefficient (Wildman–Crippen LogP) is 2.51. The van der Waals surface area contributed by atoms with Crippen molar-refractivity contribution in [2.75, 3.05) is 26.2 Å². The molecule has 1 fully saturated rings. The number of non-ortho nitro benzene ring substituents is 1. The minimum atomic E-state index is -3.85. The van der Waals surface area contributed by atoms with Crippen molar-refractivity contribution in [3.05, 3.63) is 62.3 Å². The molecule has 0 N–H and O–H groups in total. The van der Waals surface area contributed by atoms with Crippen LogP contribution in [0.5, 0.6) is 0 Å². The van der Waals surface area contributed by atoms with E-state index in [1.807, 2.05) is 19.1 Å². The molecule has 0 atom stereocenters. The molecule has 8 nitrogen and oxygen atoms in total. The number of sulfonamides is 1. The van der Waals surface area contributed by atoms with Crippen molar-refractivity contribution in [2.24, 2.45) is 0 Å². The first-order chi connectivity index (χ1) is 13.3. The molecule has 0 unspecified atom stereocenters. The first-order valence-corrected chi connectivity index (χ1v) is 10.8. The Kier molecular flexibility index (Phi) is 5.92. The molecular formula is C18H19N3O5S2. The summed E-state index contributed by atoms with van der Waals surface area (Å²) in [4.78, 5) is 26.2. The SMILES string of the molecule is Cc1ccc(/C=C/C(=O)N2CCN(S(=O)(=O)c3cccc([N+](=O)[O-])c3)CC2)s1. The van der Waals surface area contributed by atoms with Crippen LogP contribution < -0.4 is 0 Å². The van der Waals surface area contributed by atoms with E-state index in [2.05, 4.69) is 0 Å². The molecule has 10 heteroatoms.